The molecule has 0 aliphatic heterocycles. The smallest absolute Gasteiger partial charge is 0.230 e. The summed E-state index contributed by atoms with van der Waals surface area (Å²) in [6.07, 6.45) is 1.62. The van der Waals surface area contributed by atoms with Gasteiger partial charge >= 0.3 is 0 Å². The van der Waals surface area contributed by atoms with Crippen molar-refractivity contribution in [2.45, 2.75) is 24.4 Å². The molecule has 0 radical (unpaired) electrons. The van der Waals surface area contributed by atoms with Crippen molar-refractivity contribution in [3.05, 3.63) is 59.3 Å². The first kappa shape index (κ1) is 18.4. The van der Waals surface area contributed by atoms with E-state index in [1.54, 1.807) is 25.3 Å². The average molecular weight is 392 g/mol. The average Bonchev–Trinajstić information content (AvgIpc) is 3.30. The summed E-state index contributed by atoms with van der Waals surface area (Å²) in [5, 5.41) is 14.7. The van der Waals surface area contributed by atoms with Gasteiger partial charge in [0.05, 0.1) is 18.6 Å². The van der Waals surface area contributed by atoms with Crippen molar-refractivity contribution in [2.75, 3.05) is 11.1 Å². The van der Waals surface area contributed by atoms with E-state index >= 15 is 0 Å². The molecule has 0 saturated heterocycles. The zero-order valence-electron chi connectivity index (χ0n) is 14.0. The standard InChI is InChI=1S/C17H17FN4O2S2/c1-11-7-12(4-5-14(11)18)8-19-15(23)10-25-17-22-21-16(26-17)20-9-13-3-2-6-24-13/h2-7H,8-10H2,1H3,(H,19,23)(H,20,21). The first-order chi connectivity index (χ1) is 12.6. The van der Waals surface area contributed by atoms with Gasteiger partial charge in [0.25, 0.3) is 0 Å². The van der Waals surface area contributed by atoms with Gasteiger partial charge in [-0.2, -0.15) is 0 Å². The summed E-state index contributed by atoms with van der Waals surface area (Å²) in [4.78, 5) is 12.0. The molecular formula is C17H17FN4O2S2. The molecular weight excluding hydrogens is 375 g/mol. The molecule has 0 aliphatic rings. The maximum atomic E-state index is 13.2. The van der Waals surface area contributed by atoms with Crippen molar-refractivity contribution in [1.29, 1.82) is 0 Å². The highest BCUT2D eigenvalue weighted by Gasteiger charge is 2.09. The number of hydrogen-bond acceptors (Lipinski definition) is 7. The molecule has 0 bridgehead atoms. The molecule has 0 unspecified atom stereocenters. The molecule has 0 fully saturated rings. The van der Waals surface area contributed by atoms with Crippen LogP contribution in [-0.2, 0) is 17.9 Å². The van der Waals surface area contributed by atoms with E-state index in [2.05, 4.69) is 20.8 Å². The Kier molecular flexibility index (Phi) is 6.24. The van der Waals surface area contributed by atoms with Gasteiger partial charge in [0, 0.05) is 6.54 Å². The molecule has 0 saturated carbocycles. The van der Waals surface area contributed by atoms with Gasteiger partial charge in [0.15, 0.2) is 4.34 Å². The number of aromatic nitrogens is 2. The Bertz CT molecular complexity index is 868. The minimum Gasteiger partial charge on any atom is -0.467 e. The highest BCUT2D eigenvalue weighted by atomic mass is 32.2. The third kappa shape index (κ3) is 5.30. The number of carbonyl (C=O) groups excluding carboxylic acids is 1. The van der Waals surface area contributed by atoms with Crippen LogP contribution in [0.25, 0.3) is 0 Å². The van der Waals surface area contributed by atoms with Crippen molar-refractivity contribution in [2.24, 2.45) is 0 Å². The lowest BCUT2D eigenvalue weighted by molar-refractivity contribution is -0.118. The number of nitrogens with one attached hydrogen (secondary N) is 2. The van der Waals surface area contributed by atoms with Crippen molar-refractivity contribution < 1.29 is 13.6 Å². The highest BCUT2D eigenvalue weighted by molar-refractivity contribution is 8.01. The first-order valence-electron chi connectivity index (χ1n) is 7.84. The number of rotatable bonds is 8. The van der Waals surface area contributed by atoms with E-state index in [1.165, 1.54) is 29.2 Å². The van der Waals surface area contributed by atoms with Gasteiger partial charge in [-0.05, 0) is 36.2 Å². The van der Waals surface area contributed by atoms with E-state index < -0.39 is 0 Å². The summed E-state index contributed by atoms with van der Waals surface area (Å²) >= 11 is 2.70. The quantitative estimate of drug-likeness (QED) is 0.570. The summed E-state index contributed by atoms with van der Waals surface area (Å²) in [6.45, 7) is 2.60. The van der Waals surface area contributed by atoms with Gasteiger partial charge in [-0.3, -0.25) is 4.79 Å². The molecule has 136 valence electrons. The van der Waals surface area contributed by atoms with E-state index in [0.717, 1.165) is 11.3 Å². The number of thioether (sulfide) groups is 1. The van der Waals surface area contributed by atoms with Crippen LogP contribution < -0.4 is 10.6 Å². The van der Waals surface area contributed by atoms with Crippen LogP contribution in [0.2, 0.25) is 0 Å². The van der Waals surface area contributed by atoms with Gasteiger partial charge in [-0.1, -0.05) is 35.2 Å². The lowest BCUT2D eigenvalue weighted by Crippen LogP contribution is -2.24. The second-order valence-electron chi connectivity index (χ2n) is 5.45. The Morgan fingerprint density at radius 1 is 1.31 bits per heavy atom. The molecule has 0 spiro atoms. The van der Waals surface area contributed by atoms with E-state index in [1.807, 2.05) is 12.1 Å². The fourth-order valence-electron chi connectivity index (χ4n) is 2.11. The summed E-state index contributed by atoms with van der Waals surface area (Å²) in [7, 11) is 0. The second kappa shape index (κ2) is 8.81. The minimum atomic E-state index is -0.247. The molecule has 2 heterocycles. The van der Waals surface area contributed by atoms with Gasteiger partial charge < -0.3 is 15.1 Å². The lowest BCUT2D eigenvalue weighted by atomic mass is 10.1. The van der Waals surface area contributed by atoms with Crippen molar-refractivity contribution in [3.63, 3.8) is 0 Å². The maximum absolute atomic E-state index is 13.2. The normalized spacial score (nSPS) is 10.7. The van der Waals surface area contributed by atoms with Gasteiger partial charge in [-0.15, -0.1) is 10.2 Å². The predicted molar refractivity (Wildman–Crippen MR) is 99.7 cm³/mol. The fraction of sp³-hybridized carbons (Fsp3) is 0.235. The zero-order chi connectivity index (χ0) is 18.4. The molecule has 2 aromatic heterocycles. The Morgan fingerprint density at radius 2 is 2.19 bits per heavy atom. The van der Waals surface area contributed by atoms with E-state index in [4.69, 9.17) is 4.42 Å². The lowest BCUT2D eigenvalue weighted by Gasteiger charge is -2.06. The summed E-state index contributed by atoms with van der Waals surface area (Å²) in [5.41, 5.74) is 1.43. The number of furan rings is 1. The Balaban J connectivity index is 1.40. The zero-order valence-corrected chi connectivity index (χ0v) is 15.6. The fourth-order valence-corrected chi connectivity index (χ4v) is 3.69. The predicted octanol–water partition coefficient (Wildman–Crippen LogP) is 3.60. The monoisotopic (exact) mass is 392 g/mol. The third-order valence-electron chi connectivity index (χ3n) is 3.44. The third-order valence-corrected chi connectivity index (χ3v) is 5.45. The van der Waals surface area contributed by atoms with E-state index in [9.17, 15) is 9.18 Å². The molecule has 3 rings (SSSR count). The van der Waals surface area contributed by atoms with Crippen LogP contribution in [0, 0.1) is 12.7 Å². The van der Waals surface area contributed by atoms with Crippen LogP contribution in [0.5, 0.6) is 0 Å². The topological polar surface area (TPSA) is 80.0 Å². The Morgan fingerprint density at radius 3 is 2.96 bits per heavy atom. The van der Waals surface area contributed by atoms with Crippen molar-refractivity contribution >= 4 is 34.1 Å². The number of anilines is 1. The molecule has 0 atom stereocenters. The van der Waals surface area contributed by atoms with Gasteiger partial charge in [0.1, 0.15) is 11.6 Å². The van der Waals surface area contributed by atoms with Crippen LogP contribution in [0.1, 0.15) is 16.9 Å². The molecule has 1 amide bonds. The van der Waals surface area contributed by atoms with Crippen LogP contribution in [0.4, 0.5) is 9.52 Å². The number of nitrogens with zero attached hydrogens (tertiary/aromatic N) is 2. The van der Waals surface area contributed by atoms with Gasteiger partial charge in [0.2, 0.25) is 11.0 Å². The van der Waals surface area contributed by atoms with E-state index in [-0.39, 0.29) is 17.5 Å². The van der Waals surface area contributed by atoms with Crippen LogP contribution >= 0.6 is 23.1 Å². The minimum absolute atomic E-state index is 0.114. The van der Waals surface area contributed by atoms with Crippen molar-refractivity contribution in [3.8, 4) is 0 Å². The van der Waals surface area contributed by atoms with E-state index in [0.29, 0.717) is 28.1 Å². The molecule has 26 heavy (non-hydrogen) atoms. The number of halogens is 1. The van der Waals surface area contributed by atoms with Crippen LogP contribution in [0.15, 0.2) is 45.4 Å². The Labute approximate surface area is 158 Å². The van der Waals surface area contributed by atoms with Crippen LogP contribution in [0.3, 0.4) is 0 Å². The maximum Gasteiger partial charge on any atom is 0.230 e. The SMILES string of the molecule is Cc1cc(CNC(=O)CSc2nnc(NCc3ccco3)s2)ccc1F. The summed E-state index contributed by atoms with van der Waals surface area (Å²) in [5.74, 6) is 0.693. The largest absolute Gasteiger partial charge is 0.467 e. The summed E-state index contributed by atoms with van der Waals surface area (Å²) in [6, 6.07) is 8.49. The molecule has 9 heteroatoms. The number of hydrogen-bond donors (Lipinski definition) is 2. The first-order valence-corrected chi connectivity index (χ1v) is 9.64. The highest BCUT2D eigenvalue weighted by Crippen LogP contribution is 2.25. The molecule has 6 nitrogen and oxygen atoms in total. The molecule has 3 aromatic rings. The number of aryl methyl sites for hydroxylation is 1. The Hall–Kier alpha value is -2.39. The number of carbonyl (C=O) groups is 1. The molecule has 0 aliphatic carbocycles. The molecule has 2 N–H and O–H groups in total. The van der Waals surface area contributed by atoms with Crippen molar-refractivity contribution in [1.82, 2.24) is 15.5 Å². The summed E-state index contributed by atoms with van der Waals surface area (Å²) < 4.78 is 19.2. The van der Waals surface area contributed by atoms with Gasteiger partial charge in [-0.25, -0.2) is 4.39 Å². The van der Waals surface area contributed by atoms with Crippen LogP contribution in [-0.4, -0.2) is 21.9 Å². The molecule has 1 aromatic carbocycles. The second-order valence-corrected chi connectivity index (χ2v) is 7.65. The number of benzene rings is 1. The number of amides is 1.